The molecule has 0 saturated carbocycles. The highest BCUT2D eigenvalue weighted by Gasteiger charge is 2.28. The number of carbonyl (C=O) groups excluding carboxylic acids is 4. The molecule has 4 unspecified atom stereocenters. The standard InChI is InChI=1S/C18H33N5O6S/c1-9(2)7-11(19)16(26)22-12(5-6-30-4)17(27)21-10(3)15(25)23-13(18(28)29)8-14(20)24/h9-13H,5-8,19H2,1-4H3,(H2,20,24)(H,21,27)(H,22,26)(H,23,25)(H,28,29). The highest BCUT2D eigenvalue weighted by Crippen LogP contribution is 2.06. The topological polar surface area (TPSA) is 194 Å². The first-order valence-electron chi connectivity index (χ1n) is 9.55. The molecule has 12 heteroatoms. The van der Waals surface area contributed by atoms with E-state index in [1.807, 2.05) is 20.1 Å². The second kappa shape index (κ2) is 13.8. The highest BCUT2D eigenvalue weighted by molar-refractivity contribution is 7.98. The van der Waals surface area contributed by atoms with Crippen molar-refractivity contribution in [2.45, 2.75) is 64.2 Å². The zero-order valence-electron chi connectivity index (χ0n) is 17.8. The number of carbonyl (C=O) groups is 5. The van der Waals surface area contributed by atoms with Gasteiger partial charge in [-0.1, -0.05) is 13.8 Å². The lowest BCUT2D eigenvalue weighted by molar-refractivity contribution is -0.143. The number of hydrogen-bond acceptors (Lipinski definition) is 7. The SMILES string of the molecule is CSCCC(NC(=O)C(N)CC(C)C)C(=O)NC(C)C(=O)NC(CC(N)=O)C(=O)O. The van der Waals surface area contributed by atoms with E-state index in [4.69, 9.17) is 16.6 Å². The van der Waals surface area contributed by atoms with Crippen LogP contribution < -0.4 is 27.4 Å². The molecule has 0 aromatic carbocycles. The number of hydrogen-bond donors (Lipinski definition) is 6. The van der Waals surface area contributed by atoms with Crippen LogP contribution in [0.15, 0.2) is 0 Å². The van der Waals surface area contributed by atoms with Crippen molar-refractivity contribution in [2.24, 2.45) is 17.4 Å². The Morgan fingerprint density at radius 3 is 1.97 bits per heavy atom. The minimum absolute atomic E-state index is 0.204. The van der Waals surface area contributed by atoms with Crippen molar-refractivity contribution in [3.05, 3.63) is 0 Å². The van der Waals surface area contributed by atoms with Gasteiger partial charge in [0, 0.05) is 0 Å². The molecule has 0 rings (SSSR count). The Bertz CT molecular complexity index is 630. The van der Waals surface area contributed by atoms with Crippen LogP contribution in [0.1, 0.15) is 40.0 Å². The van der Waals surface area contributed by atoms with E-state index in [0.29, 0.717) is 18.6 Å². The smallest absolute Gasteiger partial charge is 0.326 e. The molecule has 4 atom stereocenters. The largest absolute Gasteiger partial charge is 0.480 e. The van der Waals surface area contributed by atoms with Crippen molar-refractivity contribution >= 4 is 41.4 Å². The molecule has 0 heterocycles. The third kappa shape index (κ3) is 11.0. The van der Waals surface area contributed by atoms with Gasteiger partial charge in [-0.15, -0.1) is 0 Å². The van der Waals surface area contributed by atoms with Gasteiger partial charge in [0.1, 0.15) is 18.1 Å². The second-order valence-electron chi connectivity index (χ2n) is 7.38. The van der Waals surface area contributed by atoms with Gasteiger partial charge in [0.2, 0.25) is 23.6 Å². The summed E-state index contributed by atoms with van der Waals surface area (Å²) in [5.74, 6) is -3.40. The summed E-state index contributed by atoms with van der Waals surface area (Å²) >= 11 is 1.49. The van der Waals surface area contributed by atoms with Crippen LogP contribution in [0.25, 0.3) is 0 Å². The molecule has 0 aliphatic heterocycles. The van der Waals surface area contributed by atoms with Gasteiger partial charge in [0.05, 0.1) is 12.5 Å². The van der Waals surface area contributed by atoms with E-state index in [0.717, 1.165) is 0 Å². The Labute approximate surface area is 180 Å². The number of amides is 4. The van der Waals surface area contributed by atoms with Gasteiger partial charge < -0.3 is 32.5 Å². The molecule has 4 amide bonds. The summed E-state index contributed by atoms with van der Waals surface area (Å²) in [4.78, 5) is 59.2. The second-order valence-corrected chi connectivity index (χ2v) is 8.36. The van der Waals surface area contributed by atoms with E-state index < -0.39 is 60.2 Å². The molecule has 0 radical (unpaired) electrons. The zero-order chi connectivity index (χ0) is 23.4. The van der Waals surface area contributed by atoms with E-state index >= 15 is 0 Å². The van der Waals surface area contributed by atoms with Crippen LogP contribution in [-0.4, -0.2) is 70.9 Å². The van der Waals surface area contributed by atoms with Gasteiger partial charge in [-0.3, -0.25) is 19.2 Å². The van der Waals surface area contributed by atoms with E-state index in [2.05, 4.69) is 16.0 Å². The number of carboxylic acids is 1. The Morgan fingerprint density at radius 2 is 1.50 bits per heavy atom. The van der Waals surface area contributed by atoms with Crippen LogP contribution in [0.2, 0.25) is 0 Å². The Morgan fingerprint density at radius 1 is 0.933 bits per heavy atom. The third-order valence-electron chi connectivity index (χ3n) is 4.08. The molecule has 0 bridgehead atoms. The average Bonchev–Trinajstić information content (AvgIpc) is 2.62. The quantitative estimate of drug-likeness (QED) is 0.186. The molecule has 11 nitrogen and oxygen atoms in total. The van der Waals surface area contributed by atoms with Gasteiger partial charge >= 0.3 is 5.97 Å². The lowest BCUT2D eigenvalue weighted by Gasteiger charge is -2.23. The van der Waals surface area contributed by atoms with Crippen molar-refractivity contribution in [3.63, 3.8) is 0 Å². The van der Waals surface area contributed by atoms with Crippen molar-refractivity contribution in [2.75, 3.05) is 12.0 Å². The van der Waals surface area contributed by atoms with Crippen LogP contribution in [0, 0.1) is 5.92 Å². The fourth-order valence-electron chi connectivity index (χ4n) is 2.48. The average molecular weight is 448 g/mol. The van der Waals surface area contributed by atoms with Crippen LogP contribution in [0.4, 0.5) is 0 Å². The number of nitrogens with one attached hydrogen (secondary N) is 3. The zero-order valence-corrected chi connectivity index (χ0v) is 18.6. The van der Waals surface area contributed by atoms with E-state index in [9.17, 15) is 24.0 Å². The normalized spacial score (nSPS) is 14.9. The maximum Gasteiger partial charge on any atom is 0.326 e. The molecular formula is C18H33N5O6S. The monoisotopic (exact) mass is 447 g/mol. The molecule has 0 fully saturated rings. The molecule has 0 saturated heterocycles. The van der Waals surface area contributed by atoms with Gasteiger partial charge in [-0.25, -0.2) is 4.79 Å². The summed E-state index contributed by atoms with van der Waals surface area (Å²) in [6.45, 7) is 5.20. The van der Waals surface area contributed by atoms with Gasteiger partial charge in [-0.2, -0.15) is 11.8 Å². The molecule has 172 valence electrons. The fourth-order valence-corrected chi connectivity index (χ4v) is 2.95. The van der Waals surface area contributed by atoms with Gasteiger partial charge in [0.15, 0.2) is 0 Å². The van der Waals surface area contributed by atoms with Crippen molar-refractivity contribution in [1.82, 2.24) is 16.0 Å². The fraction of sp³-hybridized carbons (Fsp3) is 0.722. The van der Waals surface area contributed by atoms with Crippen LogP contribution in [0.5, 0.6) is 0 Å². The Hall–Kier alpha value is -2.34. The molecule has 8 N–H and O–H groups in total. The Balaban J connectivity index is 5.03. The number of carboxylic acid groups (broad SMARTS) is 1. The predicted octanol–water partition coefficient (Wildman–Crippen LogP) is -1.45. The van der Waals surface area contributed by atoms with Crippen LogP contribution >= 0.6 is 11.8 Å². The first-order chi connectivity index (χ1) is 13.9. The van der Waals surface area contributed by atoms with Crippen molar-refractivity contribution in [3.8, 4) is 0 Å². The number of nitrogens with two attached hydrogens (primary N) is 2. The van der Waals surface area contributed by atoms with Crippen molar-refractivity contribution in [1.29, 1.82) is 0 Å². The summed E-state index contributed by atoms with van der Waals surface area (Å²) in [7, 11) is 0. The number of aliphatic carboxylic acids is 1. The van der Waals surface area contributed by atoms with E-state index in [-0.39, 0.29) is 5.92 Å². The van der Waals surface area contributed by atoms with Gasteiger partial charge in [0.25, 0.3) is 0 Å². The molecule has 0 spiro atoms. The summed E-state index contributed by atoms with van der Waals surface area (Å²) in [6, 6.07) is -4.28. The summed E-state index contributed by atoms with van der Waals surface area (Å²) in [5.41, 5.74) is 10.8. The Kier molecular flexibility index (Phi) is 12.7. The predicted molar refractivity (Wildman–Crippen MR) is 113 cm³/mol. The summed E-state index contributed by atoms with van der Waals surface area (Å²) < 4.78 is 0. The molecule has 0 aromatic heterocycles. The highest BCUT2D eigenvalue weighted by atomic mass is 32.2. The van der Waals surface area contributed by atoms with Crippen LogP contribution in [0.3, 0.4) is 0 Å². The molecule has 30 heavy (non-hydrogen) atoms. The summed E-state index contributed by atoms with van der Waals surface area (Å²) in [6.07, 6.45) is 2.04. The van der Waals surface area contributed by atoms with E-state index in [1.165, 1.54) is 18.7 Å². The maximum atomic E-state index is 12.6. The summed E-state index contributed by atoms with van der Waals surface area (Å²) in [5, 5.41) is 16.3. The first-order valence-corrected chi connectivity index (χ1v) is 10.9. The number of thioether (sulfide) groups is 1. The number of rotatable bonds is 14. The van der Waals surface area contributed by atoms with Crippen LogP contribution in [-0.2, 0) is 24.0 Å². The minimum atomic E-state index is -1.50. The first kappa shape index (κ1) is 27.7. The molecule has 0 aromatic rings. The molecule has 0 aliphatic rings. The van der Waals surface area contributed by atoms with E-state index in [1.54, 1.807) is 0 Å². The minimum Gasteiger partial charge on any atom is -0.480 e. The molecule has 0 aliphatic carbocycles. The van der Waals surface area contributed by atoms with Gasteiger partial charge in [-0.05, 0) is 37.7 Å². The third-order valence-corrected chi connectivity index (χ3v) is 4.72. The maximum absolute atomic E-state index is 12.6. The molecular weight excluding hydrogens is 414 g/mol. The lowest BCUT2D eigenvalue weighted by Crippen LogP contribution is -2.56. The van der Waals surface area contributed by atoms with Crippen molar-refractivity contribution < 1.29 is 29.1 Å². The lowest BCUT2D eigenvalue weighted by atomic mass is 10.0. The number of primary amides is 1.